The molecule has 0 saturated heterocycles. The molecule has 0 aliphatic heterocycles. The maximum Gasteiger partial charge on any atom is 0.262 e. The summed E-state index contributed by atoms with van der Waals surface area (Å²) in [7, 11) is 0. The molecule has 0 saturated carbocycles. The quantitative estimate of drug-likeness (QED) is 0.567. The minimum Gasteiger partial charge on any atom is -0.484 e. The molecule has 1 aromatic heterocycles. The van der Waals surface area contributed by atoms with Gasteiger partial charge in [0.1, 0.15) is 5.75 Å². The van der Waals surface area contributed by atoms with Crippen LogP contribution < -0.4 is 15.4 Å². The fourth-order valence-corrected chi connectivity index (χ4v) is 3.25. The van der Waals surface area contributed by atoms with Crippen molar-refractivity contribution in [3.8, 4) is 5.75 Å². The number of anilines is 1. The van der Waals surface area contributed by atoms with Crippen LogP contribution in [0.3, 0.4) is 0 Å². The average Bonchev–Trinajstić information content (AvgIpc) is 2.76. The van der Waals surface area contributed by atoms with Gasteiger partial charge in [0, 0.05) is 17.4 Å². The van der Waals surface area contributed by atoms with E-state index in [1.54, 1.807) is 30.5 Å². The fraction of sp³-hybridized carbons (Fsp3) is 0.240. The minimum absolute atomic E-state index is 0.115. The second-order valence-corrected chi connectivity index (χ2v) is 7.59. The third-order valence-corrected chi connectivity index (χ3v) is 4.80. The van der Waals surface area contributed by atoms with Crippen molar-refractivity contribution < 1.29 is 14.3 Å². The molecule has 0 bridgehead atoms. The van der Waals surface area contributed by atoms with Gasteiger partial charge in [-0.25, -0.2) is 0 Å². The van der Waals surface area contributed by atoms with Gasteiger partial charge in [-0.2, -0.15) is 0 Å². The van der Waals surface area contributed by atoms with E-state index in [-0.39, 0.29) is 18.4 Å². The van der Waals surface area contributed by atoms with Gasteiger partial charge in [0.05, 0.1) is 12.2 Å². The Morgan fingerprint density at radius 2 is 1.87 bits per heavy atom. The highest BCUT2D eigenvalue weighted by Crippen LogP contribution is 2.23. The number of nitrogens with one attached hydrogen (secondary N) is 2. The molecule has 0 fully saturated rings. The zero-order valence-corrected chi connectivity index (χ0v) is 18.0. The summed E-state index contributed by atoms with van der Waals surface area (Å²) in [4.78, 5) is 28.9. The summed E-state index contributed by atoms with van der Waals surface area (Å²) in [5, 5.41) is 5.59. The Hall–Kier alpha value is -3.67. The Kier molecular flexibility index (Phi) is 7.38. The lowest BCUT2D eigenvalue weighted by Crippen LogP contribution is -2.24. The number of pyridine rings is 1. The lowest BCUT2D eigenvalue weighted by Gasteiger charge is -2.13. The lowest BCUT2D eigenvalue weighted by molar-refractivity contribution is -0.118. The van der Waals surface area contributed by atoms with Gasteiger partial charge < -0.3 is 15.4 Å². The Balaban J connectivity index is 1.53. The molecule has 3 rings (SSSR count). The topological polar surface area (TPSA) is 80.3 Å². The molecule has 6 heteroatoms. The Morgan fingerprint density at radius 1 is 1.03 bits per heavy atom. The summed E-state index contributed by atoms with van der Waals surface area (Å²) < 4.78 is 5.62. The predicted molar refractivity (Wildman–Crippen MR) is 121 cm³/mol. The van der Waals surface area contributed by atoms with Crippen LogP contribution in [0.15, 0.2) is 66.9 Å². The molecular weight excluding hydrogens is 390 g/mol. The van der Waals surface area contributed by atoms with Crippen LogP contribution in [-0.4, -0.2) is 23.4 Å². The van der Waals surface area contributed by atoms with Crippen molar-refractivity contribution in [2.45, 2.75) is 33.2 Å². The zero-order chi connectivity index (χ0) is 22.2. The van der Waals surface area contributed by atoms with Crippen molar-refractivity contribution in [3.63, 3.8) is 0 Å². The summed E-state index contributed by atoms with van der Waals surface area (Å²) >= 11 is 0. The van der Waals surface area contributed by atoms with Crippen LogP contribution in [0.5, 0.6) is 5.75 Å². The minimum atomic E-state index is -0.295. The van der Waals surface area contributed by atoms with Crippen molar-refractivity contribution >= 4 is 17.5 Å². The normalized spacial score (nSPS) is 10.6. The largest absolute Gasteiger partial charge is 0.484 e. The molecule has 0 unspecified atom stereocenters. The molecule has 0 radical (unpaired) electrons. The number of aromatic nitrogens is 1. The van der Waals surface area contributed by atoms with E-state index in [4.69, 9.17) is 4.74 Å². The molecule has 160 valence electrons. The number of nitrogens with zero attached hydrogens (tertiary/aromatic N) is 1. The van der Waals surface area contributed by atoms with Gasteiger partial charge in [0.25, 0.3) is 11.8 Å². The van der Waals surface area contributed by atoms with Crippen LogP contribution >= 0.6 is 0 Å². The van der Waals surface area contributed by atoms with Crippen molar-refractivity contribution in [3.05, 3.63) is 89.2 Å². The second-order valence-electron chi connectivity index (χ2n) is 7.59. The Morgan fingerprint density at radius 3 is 2.58 bits per heavy atom. The maximum absolute atomic E-state index is 12.4. The second kappa shape index (κ2) is 10.4. The van der Waals surface area contributed by atoms with Crippen LogP contribution in [-0.2, 0) is 11.3 Å². The van der Waals surface area contributed by atoms with Gasteiger partial charge in [-0.3, -0.25) is 14.6 Å². The molecule has 0 atom stereocenters. The first-order valence-electron chi connectivity index (χ1n) is 10.2. The van der Waals surface area contributed by atoms with Gasteiger partial charge in [0.15, 0.2) is 6.61 Å². The summed E-state index contributed by atoms with van der Waals surface area (Å²) in [6.45, 7) is 6.54. The van der Waals surface area contributed by atoms with Gasteiger partial charge in [-0.05, 0) is 66.4 Å². The number of hydrogen-bond donors (Lipinski definition) is 2. The molecule has 6 nitrogen and oxygen atoms in total. The molecule has 0 aliphatic rings. The van der Waals surface area contributed by atoms with Gasteiger partial charge in [-0.15, -0.1) is 0 Å². The number of amides is 2. The predicted octanol–water partition coefficient (Wildman–Crippen LogP) is 4.46. The van der Waals surface area contributed by atoms with E-state index in [9.17, 15) is 9.59 Å². The summed E-state index contributed by atoms with van der Waals surface area (Å²) in [6, 6.07) is 18.2. The molecule has 0 spiro atoms. The number of carbonyl (C=O) groups is 2. The number of carbonyl (C=O) groups excluding carboxylic acids is 2. The zero-order valence-electron chi connectivity index (χ0n) is 18.0. The summed E-state index contributed by atoms with van der Waals surface area (Å²) in [6.07, 6.45) is 1.68. The summed E-state index contributed by atoms with van der Waals surface area (Å²) in [5.74, 6) is 0.556. The molecule has 0 aliphatic carbocycles. The highest BCUT2D eigenvalue weighted by Gasteiger charge is 2.10. The van der Waals surface area contributed by atoms with Crippen molar-refractivity contribution in [2.75, 3.05) is 11.9 Å². The highest BCUT2D eigenvalue weighted by atomic mass is 16.5. The van der Waals surface area contributed by atoms with E-state index in [2.05, 4.69) is 29.5 Å². The standard InChI is InChI=1S/C25H27N3O3/c1-17(2)23-11-10-22(13-18(23)3)31-16-24(29)28-20-9-6-7-19(14-20)25(30)27-15-21-8-4-5-12-26-21/h4-14,17H,15-16H2,1-3H3,(H,27,30)(H,28,29). The van der Waals surface area contributed by atoms with E-state index in [0.717, 1.165) is 11.3 Å². The van der Waals surface area contributed by atoms with Crippen LogP contribution in [0.4, 0.5) is 5.69 Å². The van der Waals surface area contributed by atoms with E-state index >= 15 is 0 Å². The number of rotatable bonds is 8. The van der Waals surface area contributed by atoms with E-state index in [1.807, 2.05) is 43.3 Å². The highest BCUT2D eigenvalue weighted by molar-refractivity contribution is 5.97. The first kappa shape index (κ1) is 22.0. The molecule has 3 aromatic rings. The molecular formula is C25H27N3O3. The SMILES string of the molecule is Cc1cc(OCC(=O)Nc2cccc(C(=O)NCc3ccccn3)c2)ccc1C(C)C. The molecule has 2 N–H and O–H groups in total. The van der Waals surface area contributed by atoms with Crippen LogP contribution in [0.2, 0.25) is 0 Å². The van der Waals surface area contributed by atoms with Crippen molar-refractivity contribution in [1.82, 2.24) is 10.3 Å². The third-order valence-electron chi connectivity index (χ3n) is 4.80. The number of hydrogen-bond acceptors (Lipinski definition) is 4. The number of benzene rings is 2. The van der Waals surface area contributed by atoms with E-state index in [0.29, 0.717) is 29.5 Å². The smallest absolute Gasteiger partial charge is 0.262 e. The first-order chi connectivity index (χ1) is 14.9. The van der Waals surface area contributed by atoms with E-state index in [1.165, 1.54) is 5.56 Å². The lowest BCUT2D eigenvalue weighted by atomic mass is 9.98. The first-order valence-corrected chi connectivity index (χ1v) is 10.2. The van der Waals surface area contributed by atoms with Crippen molar-refractivity contribution in [2.24, 2.45) is 0 Å². The summed E-state index contributed by atoms with van der Waals surface area (Å²) in [5.41, 5.74) is 4.15. The number of ether oxygens (including phenoxy) is 1. The van der Waals surface area contributed by atoms with Gasteiger partial charge >= 0.3 is 0 Å². The van der Waals surface area contributed by atoms with Gasteiger partial charge in [0.2, 0.25) is 0 Å². The fourth-order valence-electron chi connectivity index (χ4n) is 3.25. The van der Waals surface area contributed by atoms with Crippen molar-refractivity contribution in [1.29, 1.82) is 0 Å². The molecule has 31 heavy (non-hydrogen) atoms. The molecule has 2 aromatic carbocycles. The van der Waals surface area contributed by atoms with Crippen LogP contribution in [0, 0.1) is 6.92 Å². The molecule has 1 heterocycles. The third kappa shape index (κ3) is 6.40. The van der Waals surface area contributed by atoms with Crippen LogP contribution in [0.1, 0.15) is 46.9 Å². The Labute approximate surface area is 182 Å². The monoisotopic (exact) mass is 417 g/mol. The van der Waals surface area contributed by atoms with Crippen LogP contribution in [0.25, 0.3) is 0 Å². The molecule has 2 amide bonds. The van der Waals surface area contributed by atoms with E-state index < -0.39 is 0 Å². The average molecular weight is 418 g/mol. The Bertz CT molecular complexity index is 1050. The number of aryl methyl sites for hydroxylation is 1. The maximum atomic E-state index is 12.4. The van der Waals surface area contributed by atoms with Gasteiger partial charge in [-0.1, -0.05) is 32.0 Å².